The van der Waals surface area contributed by atoms with Gasteiger partial charge in [0.15, 0.2) is 11.5 Å². The van der Waals surface area contributed by atoms with E-state index < -0.39 is 24.8 Å². The van der Waals surface area contributed by atoms with Gasteiger partial charge in [0.25, 0.3) is 0 Å². The Labute approximate surface area is 117 Å². The van der Waals surface area contributed by atoms with Crippen molar-refractivity contribution in [1.29, 1.82) is 0 Å². The molecule has 21 heavy (non-hydrogen) atoms. The van der Waals surface area contributed by atoms with Crippen LogP contribution in [0.25, 0.3) is 5.65 Å². The van der Waals surface area contributed by atoms with Gasteiger partial charge in [-0.05, 0) is 19.1 Å². The van der Waals surface area contributed by atoms with Gasteiger partial charge in [-0.2, -0.15) is 13.2 Å². The first-order valence-corrected chi connectivity index (χ1v) is 6.11. The second kappa shape index (κ2) is 6.08. The molecule has 0 saturated carbocycles. The number of rotatable bonds is 5. The molecule has 0 aliphatic carbocycles. The molecule has 0 unspecified atom stereocenters. The lowest BCUT2D eigenvalue weighted by Crippen LogP contribution is -2.36. The minimum atomic E-state index is -4.46. The van der Waals surface area contributed by atoms with E-state index in [-0.39, 0.29) is 6.54 Å². The summed E-state index contributed by atoms with van der Waals surface area (Å²) in [7, 11) is 0. The van der Waals surface area contributed by atoms with E-state index >= 15 is 0 Å². The number of carbonyl (C=O) groups is 1. The van der Waals surface area contributed by atoms with Gasteiger partial charge in [-0.1, -0.05) is 6.07 Å². The van der Waals surface area contributed by atoms with Gasteiger partial charge in [-0.25, -0.2) is 0 Å². The van der Waals surface area contributed by atoms with Crippen molar-refractivity contribution in [2.75, 3.05) is 6.61 Å². The maximum absolute atomic E-state index is 12.0. The molecule has 1 atom stereocenters. The summed E-state index contributed by atoms with van der Waals surface area (Å²) in [4.78, 5) is 11.6. The molecular weight excluding hydrogens is 289 g/mol. The molecule has 2 heterocycles. The number of hydrogen-bond acceptors (Lipinski definition) is 4. The second-order valence-corrected chi connectivity index (χ2v) is 4.33. The van der Waals surface area contributed by atoms with Crippen molar-refractivity contribution in [3.63, 3.8) is 0 Å². The predicted molar refractivity (Wildman–Crippen MR) is 66.3 cm³/mol. The molecule has 0 fully saturated rings. The van der Waals surface area contributed by atoms with Gasteiger partial charge in [0.2, 0.25) is 5.91 Å². The minimum Gasteiger partial charge on any atom is -0.359 e. The summed E-state index contributed by atoms with van der Waals surface area (Å²) in [5.74, 6) is -0.172. The number of alkyl halides is 3. The van der Waals surface area contributed by atoms with Crippen LogP contribution in [0.4, 0.5) is 13.2 Å². The summed E-state index contributed by atoms with van der Waals surface area (Å²) in [5, 5.41) is 10.2. The lowest BCUT2D eigenvalue weighted by Gasteiger charge is -2.14. The van der Waals surface area contributed by atoms with Gasteiger partial charge in [0.05, 0.1) is 6.54 Å². The molecule has 0 aromatic carbocycles. The van der Waals surface area contributed by atoms with Crippen molar-refractivity contribution in [3.05, 3.63) is 30.2 Å². The van der Waals surface area contributed by atoms with Gasteiger partial charge >= 0.3 is 6.18 Å². The highest BCUT2D eigenvalue weighted by molar-refractivity contribution is 5.80. The number of aromatic nitrogens is 3. The first-order valence-electron chi connectivity index (χ1n) is 6.11. The Kier molecular flexibility index (Phi) is 4.41. The number of nitrogens with one attached hydrogen (secondary N) is 1. The highest BCUT2D eigenvalue weighted by Gasteiger charge is 2.29. The van der Waals surface area contributed by atoms with E-state index in [1.807, 2.05) is 0 Å². The molecule has 0 spiro atoms. The molecular formula is C12H13F3N4O2. The number of halogens is 3. The fraction of sp³-hybridized carbons (Fsp3) is 0.417. The largest absolute Gasteiger partial charge is 0.411 e. The summed E-state index contributed by atoms with van der Waals surface area (Å²) >= 11 is 0. The zero-order valence-electron chi connectivity index (χ0n) is 11.1. The molecule has 1 amide bonds. The Balaban J connectivity index is 1.89. The first-order chi connectivity index (χ1) is 9.87. The van der Waals surface area contributed by atoms with Crippen LogP contribution in [0, 0.1) is 0 Å². The van der Waals surface area contributed by atoms with Gasteiger partial charge in [-0.3, -0.25) is 9.20 Å². The van der Waals surface area contributed by atoms with Crippen LogP contribution in [-0.2, 0) is 16.1 Å². The Morgan fingerprint density at radius 3 is 2.90 bits per heavy atom. The highest BCUT2D eigenvalue weighted by Crippen LogP contribution is 2.15. The van der Waals surface area contributed by atoms with Crippen molar-refractivity contribution in [2.24, 2.45) is 0 Å². The van der Waals surface area contributed by atoms with E-state index in [0.717, 1.165) is 0 Å². The molecule has 0 aliphatic heterocycles. The third-order valence-electron chi connectivity index (χ3n) is 2.67. The van der Waals surface area contributed by atoms with Gasteiger partial charge < -0.3 is 10.1 Å². The summed E-state index contributed by atoms with van der Waals surface area (Å²) in [5.41, 5.74) is 0.614. The van der Waals surface area contributed by atoms with Crippen LogP contribution in [-0.4, -0.2) is 39.4 Å². The average molecular weight is 302 g/mol. The lowest BCUT2D eigenvalue weighted by molar-refractivity contribution is -0.185. The fourth-order valence-corrected chi connectivity index (χ4v) is 1.62. The number of carbonyl (C=O) groups excluding carboxylic acids is 1. The number of hydrogen-bond donors (Lipinski definition) is 1. The van der Waals surface area contributed by atoms with Gasteiger partial charge in [-0.15, -0.1) is 10.2 Å². The molecule has 2 rings (SSSR count). The van der Waals surface area contributed by atoms with E-state index in [0.29, 0.717) is 11.5 Å². The maximum Gasteiger partial charge on any atom is 0.411 e. The summed E-state index contributed by atoms with van der Waals surface area (Å²) in [6, 6.07) is 5.31. The Hall–Kier alpha value is -2.16. The van der Waals surface area contributed by atoms with Crippen LogP contribution in [0.15, 0.2) is 24.4 Å². The van der Waals surface area contributed by atoms with Crippen molar-refractivity contribution in [1.82, 2.24) is 19.9 Å². The molecule has 2 aromatic heterocycles. The van der Waals surface area contributed by atoms with E-state index in [1.165, 1.54) is 6.92 Å². The second-order valence-electron chi connectivity index (χ2n) is 4.33. The third kappa shape index (κ3) is 4.15. The van der Waals surface area contributed by atoms with E-state index in [4.69, 9.17) is 0 Å². The standard InChI is InChI=1S/C12H13F3N4O2/c1-8(21-7-12(13,14)15)11(20)16-6-10-18-17-9-4-2-3-5-19(9)10/h2-5,8H,6-7H2,1H3,(H,16,20)/t8-/m0/s1. The molecule has 1 N–H and O–H groups in total. The fourth-order valence-electron chi connectivity index (χ4n) is 1.62. The number of ether oxygens (including phenoxy) is 1. The Morgan fingerprint density at radius 2 is 2.19 bits per heavy atom. The average Bonchev–Trinajstić information content (AvgIpc) is 2.84. The SMILES string of the molecule is C[C@H](OCC(F)(F)F)C(=O)NCc1nnc2ccccn12. The van der Waals surface area contributed by atoms with Crippen molar-refractivity contribution in [3.8, 4) is 0 Å². The number of nitrogens with zero attached hydrogens (tertiary/aromatic N) is 3. The van der Waals surface area contributed by atoms with Gasteiger partial charge in [0.1, 0.15) is 12.7 Å². The van der Waals surface area contributed by atoms with Crippen LogP contribution in [0.1, 0.15) is 12.7 Å². The van der Waals surface area contributed by atoms with Crippen LogP contribution in [0.3, 0.4) is 0 Å². The summed E-state index contributed by atoms with van der Waals surface area (Å²) in [6.07, 6.45) is -3.94. The molecule has 0 aliphatic rings. The van der Waals surface area contributed by atoms with E-state index in [9.17, 15) is 18.0 Å². The van der Waals surface area contributed by atoms with Crippen molar-refractivity contribution >= 4 is 11.6 Å². The zero-order valence-corrected chi connectivity index (χ0v) is 11.1. The molecule has 114 valence electrons. The number of pyridine rings is 1. The quantitative estimate of drug-likeness (QED) is 0.904. The maximum atomic E-state index is 12.0. The van der Waals surface area contributed by atoms with E-state index in [1.54, 1.807) is 28.8 Å². The molecule has 0 radical (unpaired) electrons. The van der Waals surface area contributed by atoms with Crippen molar-refractivity contribution in [2.45, 2.75) is 25.7 Å². The minimum absolute atomic E-state index is 0.0454. The van der Waals surface area contributed by atoms with Crippen LogP contribution >= 0.6 is 0 Å². The van der Waals surface area contributed by atoms with Crippen LogP contribution in [0.2, 0.25) is 0 Å². The normalized spacial score (nSPS) is 13.3. The molecule has 0 saturated heterocycles. The van der Waals surface area contributed by atoms with Crippen LogP contribution in [0.5, 0.6) is 0 Å². The van der Waals surface area contributed by atoms with E-state index in [2.05, 4.69) is 20.3 Å². The predicted octanol–water partition coefficient (Wildman–Crippen LogP) is 1.31. The zero-order chi connectivity index (χ0) is 15.5. The summed E-state index contributed by atoms with van der Waals surface area (Å²) < 4.78 is 42.1. The Bertz CT molecular complexity index is 626. The highest BCUT2D eigenvalue weighted by atomic mass is 19.4. The Morgan fingerprint density at radius 1 is 1.43 bits per heavy atom. The molecule has 9 heteroatoms. The topological polar surface area (TPSA) is 68.5 Å². The third-order valence-corrected chi connectivity index (χ3v) is 2.67. The smallest absolute Gasteiger partial charge is 0.359 e. The number of fused-ring (bicyclic) bond motifs is 1. The number of amides is 1. The molecule has 0 bridgehead atoms. The van der Waals surface area contributed by atoms with Crippen molar-refractivity contribution < 1.29 is 22.7 Å². The molecule has 2 aromatic rings. The monoisotopic (exact) mass is 302 g/mol. The van der Waals surface area contributed by atoms with Gasteiger partial charge in [0, 0.05) is 6.20 Å². The first kappa shape index (κ1) is 15.2. The molecule has 6 nitrogen and oxygen atoms in total. The summed E-state index contributed by atoms with van der Waals surface area (Å²) in [6.45, 7) is -0.165. The lowest BCUT2D eigenvalue weighted by atomic mass is 10.3. The van der Waals surface area contributed by atoms with Crippen LogP contribution < -0.4 is 5.32 Å².